The molecule has 0 aliphatic carbocycles. The Kier molecular flexibility index (Phi) is 6.84. The van der Waals surface area contributed by atoms with Gasteiger partial charge in [-0.05, 0) is 18.9 Å². The first kappa shape index (κ1) is 16.3. The summed E-state index contributed by atoms with van der Waals surface area (Å²) in [6.07, 6.45) is 8.16. The first-order chi connectivity index (χ1) is 9.57. The van der Waals surface area contributed by atoms with Crippen molar-refractivity contribution in [3.05, 3.63) is 27.8 Å². The van der Waals surface area contributed by atoms with Gasteiger partial charge in [0.25, 0.3) is 5.69 Å². The molecule has 20 heavy (non-hydrogen) atoms. The lowest BCUT2D eigenvalue weighted by Crippen LogP contribution is -1.96. The minimum atomic E-state index is -0.518. The summed E-state index contributed by atoms with van der Waals surface area (Å²) in [5.74, 6) is -0.654. The quantitative estimate of drug-likeness (QED) is 0.306. The molecule has 0 aliphatic heterocycles. The van der Waals surface area contributed by atoms with E-state index in [-0.39, 0.29) is 22.7 Å². The van der Waals surface area contributed by atoms with Crippen molar-refractivity contribution in [2.45, 2.75) is 58.3 Å². The first-order valence-corrected chi connectivity index (χ1v) is 7.26. The number of phenolic OH excluding ortho intramolecular Hbond substituents is 2. The maximum absolute atomic E-state index is 10.9. The highest BCUT2D eigenvalue weighted by atomic mass is 16.6. The van der Waals surface area contributed by atoms with E-state index < -0.39 is 4.92 Å². The Morgan fingerprint density at radius 2 is 1.65 bits per heavy atom. The van der Waals surface area contributed by atoms with Crippen LogP contribution in [0.2, 0.25) is 0 Å². The average molecular weight is 281 g/mol. The molecule has 1 aromatic carbocycles. The standard InChI is InChI=1S/C15H23NO4/c1-2-3-4-5-6-7-8-9-12-13(16(19)20)10-11-14(17)15(12)18/h10-11,17-18H,2-9H2,1H3. The van der Waals surface area contributed by atoms with Crippen molar-refractivity contribution in [2.24, 2.45) is 0 Å². The van der Waals surface area contributed by atoms with Gasteiger partial charge in [-0.2, -0.15) is 0 Å². The highest BCUT2D eigenvalue weighted by molar-refractivity contribution is 5.55. The number of unbranched alkanes of at least 4 members (excludes halogenated alkanes) is 6. The molecule has 1 aromatic rings. The van der Waals surface area contributed by atoms with Crippen molar-refractivity contribution in [2.75, 3.05) is 0 Å². The van der Waals surface area contributed by atoms with E-state index in [0.29, 0.717) is 6.42 Å². The van der Waals surface area contributed by atoms with Gasteiger partial charge in [0, 0.05) is 6.07 Å². The van der Waals surface area contributed by atoms with E-state index in [1.165, 1.54) is 31.7 Å². The third kappa shape index (κ3) is 4.72. The Morgan fingerprint density at radius 3 is 2.25 bits per heavy atom. The summed E-state index contributed by atoms with van der Waals surface area (Å²) < 4.78 is 0. The maximum atomic E-state index is 10.9. The molecule has 0 bridgehead atoms. The smallest absolute Gasteiger partial charge is 0.276 e. The van der Waals surface area contributed by atoms with Crippen LogP contribution in [0.15, 0.2) is 12.1 Å². The van der Waals surface area contributed by atoms with Crippen LogP contribution in [0.1, 0.15) is 57.4 Å². The number of nitro benzene ring substituents is 1. The summed E-state index contributed by atoms with van der Waals surface area (Å²) in [6, 6.07) is 2.40. The van der Waals surface area contributed by atoms with Crippen LogP contribution in [-0.4, -0.2) is 15.1 Å². The molecule has 0 aromatic heterocycles. The molecule has 5 nitrogen and oxygen atoms in total. The molecule has 0 saturated carbocycles. The molecular formula is C15H23NO4. The Bertz CT molecular complexity index is 446. The summed E-state index contributed by atoms with van der Waals surface area (Å²) in [7, 11) is 0. The van der Waals surface area contributed by atoms with Crippen molar-refractivity contribution in [3.8, 4) is 11.5 Å². The number of aromatic hydroxyl groups is 2. The van der Waals surface area contributed by atoms with E-state index in [1.807, 2.05) is 0 Å². The monoisotopic (exact) mass is 281 g/mol. The second-order valence-corrected chi connectivity index (χ2v) is 5.06. The molecule has 112 valence electrons. The fourth-order valence-electron chi connectivity index (χ4n) is 2.29. The number of hydrogen-bond donors (Lipinski definition) is 2. The van der Waals surface area contributed by atoms with Crippen molar-refractivity contribution < 1.29 is 15.1 Å². The van der Waals surface area contributed by atoms with E-state index >= 15 is 0 Å². The minimum absolute atomic E-state index is 0.119. The van der Waals surface area contributed by atoms with E-state index in [2.05, 4.69) is 6.92 Å². The van der Waals surface area contributed by atoms with E-state index in [0.717, 1.165) is 25.3 Å². The molecule has 0 saturated heterocycles. The molecule has 0 fully saturated rings. The van der Waals surface area contributed by atoms with Gasteiger partial charge in [-0.15, -0.1) is 0 Å². The molecule has 0 spiro atoms. The molecule has 0 amide bonds. The van der Waals surface area contributed by atoms with Crippen LogP contribution in [0, 0.1) is 10.1 Å². The second kappa shape index (κ2) is 8.40. The summed E-state index contributed by atoms with van der Waals surface area (Å²) in [5.41, 5.74) is 0.120. The maximum Gasteiger partial charge on any atom is 0.276 e. The van der Waals surface area contributed by atoms with Crippen LogP contribution in [0.25, 0.3) is 0 Å². The van der Waals surface area contributed by atoms with Gasteiger partial charge in [-0.25, -0.2) is 0 Å². The Balaban J connectivity index is 2.50. The Labute approximate surface area is 119 Å². The van der Waals surface area contributed by atoms with Gasteiger partial charge in [-0.1, -0.05) is 45.4 Å². The average Bonchev–Trinajstić information content (AvgIpc) is 2.42. The number of phenols is 2. The van der Waals surface area contributed by atoms with Crippen LogP contribution in [-0.2, 0) is 6.42 Å². The summed E-state index contributed by atoms with van der Waals surface area (Å²) >= 11 is 0. The van der Waals surface area contributed by atoms with Crippen molar-refractivity contribution >= 4 is 5.69 Å². The Hall–Kier alpha value is -1.78. The first-order valence-electron chi connectivity index (χ1n) is 7.26. The lowest BCUT2D eigenvalue weighted by atomic mass is 10.0. The molecule has 0 heterocycles. The molecular weight excluding hydrogens is 258 g/mol. The van der Waals surface area contributed by atoms with Crippen LogP contribution in [0.4, 0.5) is 5.69 Å². The van der Waals surface area contributed by atoms with Crippen LogP contribution in [0.5, 0.6) is 11.5 Å². The van der Waals surface area contributed by atoms with Crippen LogP contribution >= 0.6 is 0 Å². The van der Waals surface area contributed by atoms with Crippen molar-refractivity contribution in [1.29, 1.82) is 0 Å². The number of nitrogens with zero attached hydrogens (tertiary/aromatic N) is 1. The molecule has 0 aliphatic rings. The van der Waals surface area contributed by atoms with E-state index in [9.17, 15) is 20.3 Å². The number of nitro groups is 1. The van der Waals surface area contributed by atoms with Crippen LogP contribution in [0.3, 0.4) is 0 Å². The van der Waals surface area contributed by atoms with Gasteiger partial charge in [-0.3, -0.25) is 10.1 Å². The van der Waals surface area contributed by atoms with Crippen molar-refractivity contribution in [1.82, 2.24) is 0 Å². The Morgan fingerprint density at radius 1 is 1.05 bits per heavy atom. The van der Waals surface area contributed by atoms with Gasteiger partial charge in [0.05, 0.1) is 10.5 Å². The van der Waals surface area contributed by atoms with E-state index in [1.54, 1.807) is 0 Å². The zero-order valence-corrected chi connectivity index (χ0v) is 12.0. The lowest BCUT2D eigenvalue weighted by molar-refractivity contribution is -0.385. The third-order valence-corrected chi connectivity index (χ3v) is 3.46. The van der Waals surface area contributed by atoms with Gasteiger partial charge in [0.15, 0.2) is 11.5 Å². The highest BCUT2D eigenvalue weighted by Crippen LogP contribution is 2.36. The molecule has 5 heteroatoms. The zero-order chi connectivity index (χ0) is 15.0. The highest BCUT2D eigenvalue weighted by Gasteiger charge is 2.19. The molecule has 1 rings (SSSR count). The second-order valence-electron chi connectivity index (χ2n) is 5.06. The summed E-state index contributed by atoms with van der Waals surface area (Å²) in [4.78, 5) is 10.4. The molecule has 0 unspecified atom stereocenters. The van der Waals surface area contributed by atoms with Crippen molar-refractivity contribution in [3.63, 3.8) is 0 Å². The number of benzene rings is 1. The van der Waals surface area contributed by atoms with Gasteiger partial charge < -0.3 is 10.2 Å². The normalized spacial score (nSPS) is 10.7. The summed E-state index contributed by atoms with van der Waals surface area (Å²) in [5, 5.41) is 30.1. The number of hydrogen-bond acceptors (Lipinski definition) is 4. The van der Waals surface area contributed by atoms with Gasteiger partial charge in [0.2, 0.25) is 0 Å². The van der Waals surface area contributed by atoms with Gasteiger partial charge in [0.1, 0.15) is 0 Å². The third-order valence-electron chi connectivity index (χ3n) is 3.46. The molecule has 0 atom stereocenters. The van der Waals surface area contributed by atoms with Gasteiger partial charge >= 0.3 is 0 Å². The number of rotatable bonds is 9. The largest absolute Gasteiger partial charge is 0.504 e. The molecule has 0 radical (unpaired) electrons. The zero-order valence-electron chi connectivity index (χ0n) is 12.0. The fourth-order valence-corrected chi connectivity index (χ4v) is 2.29. The van der Waals surface area contributed by atoms with Crippen LogP contribution < -0.4 is 0 Å². The minimum Gasteiger partial charge on any atom is -0.504 e. The lowest BCUT2D eigenvalue weighted by Gasteiger charge is -2.07. The molecule has 2 N–H and O–H groups in total. The topological polar surface area (TPSA) is 83.6 Å². The summed E-state index contributed by atoms with van der Waals surface area (Å²) in [6.45, 7) is 2.17. The van der Waals surface area contributed by atoms with E-state index in [4.69, 9.17) is 0 Å². The predicted molar refractivity (Wildman–Crippen MR) is 78.1 cm³/mol. The fraction of sp³-hybridized carbons (Fsp3) is 0.600. The SMILES string of the molecule is CCCCCCCCCc1c([N+](=O)[O-])ccc(O)c1O. The predicted octanol–water partition coefficient (Wildman–Crippen LogP) is 4.30.